The van der Waals surface area contributed by atoms with E-state index in [2.05, 4.69) is 23.6 Å². The van der Waals surface area contributed by atoms with Crippen LogP contribution in [0, 0.1) is 5.41 Å². The van der Waals surface area contributed by atoms with E-state index in [4.69, 9.17) is 5.10 Å². The molecule has 1 unspecified atom stereocenters. The second kappa shape index (κ2) is 13.8. The topological polar surface area (TPSA) is 81.9 Å². The number of nitrogens with zero attached hydrogens (tertiary/aromatic N) is 5. The molecule has 2 saturated heterocycles. The van der Waals surface area contributed by atoms with Crippen LogP contribution in [0.3, 0.4) is 0 Å². The van der Waals surface area contributed by atoms with Gasteiger partial charge in [-0.15, -0.1) is 11.8 Å². The van der Waals surface area contributed by atoms with Gasteiger partial charge in [-0.2, -0.15) is 22.6 Å². The van der Waals surface area contributed by atoms with Crippen molar-refractivity contribution in [2.45, 2.75) is 82.4 Å². The third-order valence-electron chi connectivity index (χ3n) is 9.37. The number of rotatable bonds is 10. The quantitative estimate of drug-likeness (QED) is 0.284. The Hall–Kier alpha value is -1.71. The number of sulfonamides is 1. The SMILES string of the molecule is CC1(C)CCN(CC(O)Cn2nc(-c3ccc(C(F)(F)F)c(SCCN4CCC(F)CC4)c3)c3c2CCN(S(C)(=O)=O)C3)CC1. The van der Waals surface area contributed by atoms with Gasteiger partial charge >= 0.3 is 6.18 Å². The highest BCUT2D eigenvalue weighted by Gasteiger charge is 2.35. The molecule has 0 spiro atoms. The molecule has 0 bridgehead atoms. The summed E-state index contributed by atoms with van der Waals surface area (Å²) in [6.07, 6.45) is -1.56. The lowest BCUT2D eigenvalue weighted by Gasteiger charge is -2.37. The van der Waals surface area contributed by atoms with E-state index in [-0.39, 0.29) is 29.9 Å². The van der Waals surface area contributed by atoms with E-state index in [1.165, 1.54) is 16.4 Å². The number of thioether (sulfide) groups is 1. The van der Waals surface area contributed by atoms with Crippen molar-refractivity contribution in [3.63, 3.8) is 0 Å². The Morgan fingerprint density at radius 1 is 1.07 bits per heavy atom. The summed E-state index contributed by atoms with van der Waals surface area (Å²) in [5.74, 6) is 0.414. The molecular weight excluding hydrogens is 630 g/mol. The fourth-order valence-corrected chi connectivity index (χ4v) is 8.37. The summed E-state index contributed by atoms with van der Waals surface area (Å²) in [4.78, 5) is 4.40. The first-order valence-electron chi connectivity index (χ1n) is 15.7. The van der Waals surface area contributed by atoms with Crippen LogP contribution in [0.1, 0.15) is 56.4 Å². The van der Waals surface area contributed by atoms with E-state index >= 15 is 0 Å². The summed E-state index contributed by atoms with van der Waals surface area (Å²) >= 11 is 1.11. The summed E-state index contributed by atoms with van der Waals surface area (Å²) in [6, 6.07) is 3.97. The summed E-state index contributed by atoms with van der Waals surface area (Å²) in [5, 5.41) is 15.9. The standard InChI is InChI=1S/C31H45F4N5O3S2/c1-30(2)9-14-38(15-10-30)19-24(41)20-40-27-8-13-39(45(3,42)43)21-25(27)29(36-40)22-4-5-26(31(33,34)35)28(18-22)44-17-16-37-11-6-23(32)7-12-37/h4-5,18,23-24,41H,6-17,19-21H2,1-3H3. The van der Waals surface area contributed by atoms with E-state index in [0.29, 0.717) is 68.0 Å². The molecule has 1 atom stereocenters. The Bertz CT molecular complexity index is 1430. The van der Waals surface area contributed by atoms with E-state index in [1.54, 1.807) is 4.68 Å². The van der Waals surface area contributed by atoms with Gasteiger partial charge in [-0.25, -0.2) is 12.8 Å². The maximum atomic E-state index is 14.1. The predicted molar refractivity (Wildman–Crippen MR) is 168 cm³/mol. The Balaban J connectivity index is 1.40. The number of benzene rings is 1. The van der Waals surface area contributed by atoms with E-state index in [9.17, 15) is 31.1 Å². The van der Waals surface area contributed by atoms with Crippen LogP contribution in [0.4, 0.5) is 17.6 Å². The second-order valence-corrected chi connectivity index (χ2v) is 16.6. The number of hydrogen-bond acceptors (Lipinski definition) is 7. The monoisotopic (exact) mass is 675 g/mol. The summed E-state index contributed by atoms with van der Waals surface area (Å²) in [6.45, 7) is 9.06. The molecular formula is C31H45F4N5O3S2. The van der Waals surface area contributed by atoms with Gasteiger partial charge in [0.2, 0.25) is 10.0 Å². The highest BCUT2D eigenvalue weighted by Crippen LogP contribution is 2.40. The Morgan fingerprint density at radius 3 is 2.40 bits per heavy atom. The van der Waals surface area contributed by atoms with Crippen LogP contribution < -0.4 is 0 Å². The second-order valence-electron chi connectivity index (χ2n) is 13.5. The third kappa shape index (κ3) is 8.81. The first-order chi connectivity index (χ1) is 21.1. The number of aromatic nitrogens is 2. The van der Waals surface area contributed by atoms with Crippen LogP contribution in [-0.2, 0) is 35.7 Å². The lowest BCUT2D eigenvalue weighted by molar-refractivity contribution is -0.139. The molecule has 1 N–H and O–H groups in total. The van der Waals surface area contributed by atoms with Gasteiger partial charge in [-0.05, 0) is 56.3 Å². The maximum absolute atomic E-state index is 14.1. The van der Waals surface area contributed by atoms with E-state index in [1.807, 2.05) is 0 Å². The molecule has 0 amide bonds. The lowest BCUT2D eigenvalue weighted by atomic mass is 9.82. The van der Waals surface area contributed by atoms with Crippen molar-refractivity contribution in [3.05, 3.63) is 35.0 Å². The molecule has 1 aromatic heterocycles. The Kier molecular flexibility index (Phi) is 10.6. The molecule has 3 aliphatic heterocycles. The molecule has 2 fully saturated rings. The molecule has 252 valence electrons. The normalized spacial score (nSPS) is 21.6. The van der Waals surface area contributed by atoms with Gasteiger partial charge in [0.05, 0.1) is 30.2 Å². The van der Waals surface area contributed by atoms with Crippen molar-refractivity contribution >= 4 is 21.8 Å². The highest BCUT2D eigenvalue weighted by molar-refractivity contribution is 7.99. The summed E-state index contributed by atoms with van der Waals surface area (Å²) in [7, 11) is -3.51. The maximum Gasteiger partial charge on any atom is 0.417 e. The number of hydrogen-bond donors (Lipinski definition) is 1. The first-order valence-corrected chi connectivity index (χ1v) is 18.6. The summed E-state index contributed by atoms with van der Waals surface area (Å²) < 4.78 is 83.7. The molecule has 4 heterocycles. The number of fused-ring (bicyclic) bond motifs is 1. The highest BCUT2D eigenvalue weighted by atomic mass is 32.2. The number of aliphatic hydroxyl groups is 1. The smallest absolute Gasteiger partial charge is 0.390 e. The van der Waals surface area contributed by atoms with Crippen LogP contribution in [0.5, 0.6) is 0 Å². The molecule has 5 rings (SSSR count). The minimum atomic E-state index is -4.55. The van der Waals surface area contributed by atoms with Gasteiger partial charge in [0, 0.05) is 73.2 Å². The molecule has 8 nitrogen and oxygen atoms in total. The molecule has 0 saturated carbocycles. The minimum absolute atomic E-state index is 0.0643. The predicted octanol–water partition coefficient (Wildman–Crippen LogP) is 4.90. The van der Waals surface area contributed by atoms with Crippen molar-refractivity contribution < 1.29 is 31.1 Å². The van der Waals surface area contributed by atoms with Gasteiger partial charge in [0.25, 0.3) is 0 Å². The van der Waals surface area contributed by atoms with E-state index in [0.717, 1.165) is 55.7 Å². The zero-order valence-electron chi connectivity index (χ0n) is 26.3. The van der Waals surface area contributed by atoms with Crippen LogP contribution in [0.15, 0.2) is 23.1 Å². The Morgan fingerprint density at radius 2 is 1.76 bits per heavy atom. The minimum Gasteiger partial charge on any atom is -0.390 e. The third-order valence-corrected chi connectivity index (χ3v) is 11.7. The largest absolute Gasteiger partial charge is 0.417 e. The zero-order valence-corrected chi connectivity index (χ0v) is 28.0. The molecule has 45 heavy (non-hydrogen) atoms. The fourth-order valence-electron chi connectivity index (χ4n) is 6.46. The van der Waals surface area contributed by atoms with Gasteiger partial charge in [0.1, 0.15) is 6.17 Å². The molecule has 14 heteroatoms. The number of likely N-dealkylation sites (tertiary alicyclic amines) is 2. The molecule has 0 aliphatic carbocycles. The summed E-state index contributed by atoms with van der Waals surface area (Å²) in [5.41, 5.74) is 1.92. The van der Waals surface area contributed by atoms with E-state index < -0.39 is 34.0 Å². The number of alkyl halides is 4. The molecule has 0 radical (unpaired) electrons. The van der Waals surface area contributed by atoms with Crippen molar-refractivity contribution in [2.75, 3.05) is 57.8 Å². The number of halogens is 4. The van der Waals surface area contributed by atoms with Crippen LogP contribution in [0.25, 0.3) is 11.3 Å². The van der Waals surface area contributed by atoms with Gasteiger partial charge < -0.3 is 14.9 Å². The van der Waals surface area contributed by atoms with Crippen molar-refractivity contribution in [2.24, 2.45) is 5.41 Å². The van der Waals surface area contributed by atoms with Gasteiger partial charge in [-0.3, -0.25) is 4.68 Å². The number of piperidine rings is 2. The number of β-amino-alcohol motifs (C(OH)–C–C–N with tert-alkyl or cyclic N) is 1. The molecule has 2 aromatic rings. The van der Waals surface area contributed by atoms with Crippen LogP contribution in [-0.4, -0.2) is 108 Å². The average molecular weight is 676 g/mol. The van der Waals surface area contributed by atoms with Crippen molar-refractivity contribution in [1.82, 2.24) is 23.9 Å². The van der Waals surface area contributed by atoms with Crippen LogP contribution >= 0.6 is 11.8 Å². The number of aliphatic hydroxyl groups excluding tert-OH is 1. The first kappa shape index (κ1) is 34.6. The Labute approximate surface area is 268 Å². The average Bonchev–Trinajstić information content (AvgIpc) is 3.31. The lowest BCUT2D eigenvalue weighted by Crippen LogP contribution is -2.42. The fraction of sp³-hybridized carbons (Fsp3) is 0.710. The van der Waals surface area contributed by atoms with Crippen molar-refractivity contribution in [1.29, 1.82) is 0 Å². The molecule has 1 aromatic carbocycles. The van der Waals surface area contributed by atoms with Gasteiger partial charge in [-0.1, -0.05) is 19.9 Å². The zero-order chi connectivity index (χ0) is 32.6. The molecule has 3 aliphatic rings. The van der Waals surface area contributed by atoms with Gasteiger partial charge in [0.15, 0.2) is 0 Å². The van der Waals surface area contributed by atoms with Crippen molar-refractivity contribution in [3.8, 4) is 11.3 Å². The van der Waals surface area contributed by atoms with Crippen LogP contribution in [0.2, 0.25) is 0 Å².